The van der Waals surface area contributed by atoms with Crippen LogP contribution in [0.5, 0.6) is 11.5 Å². The Hall–Kier alpha value is -2.49. The van der Waals surface area contributed by atoms with Gasteiger partial charge >= 0.3 is 0 Å². The highest BCUT2D eigenvalue weighted by atomic mass is 16.5. The Morgan fingerprint density at radius 3 is 2.56 bits per heavy atom. The van der Waals surface area contributed by atoms with Gasteiger partial charge in [0.2, 0.25) is 0 Å². The lowest BCUT2D eigenvalue weighted by molar-refractivity contribution is 0.0926. The van der Waals surface area contributed by atoms with Crippen LogP contribution >= 0.6 is 0 Å². The van der Waals surface area contributed by atoms with E-state index in [9.17, 15) is 4.79 Å². The number of carbonyl (C=O) groups excluding carboxylic acids is 1. The van der Waals surface area contributed by atoms with Crippen molar-refractivity contribution in [1.29, 1.82) is 0 Å². The molecule has 2 aromatic rings. The average Bonchev–Trinajstić information content (AvgIpc) is 2.66. The number of nitrogens with one attached hydrogen (secondary N) is 1. The summed E-state index contributed by atoms with van der Waals surface area (Å²) in [7, 11) is 1.61. The van der Waals surface area contributed by atoms with Crippen molar-refractivity contribution in [2.75, 3.05) is 13.7 Å². The molecule has 0 aromatic heterocycles. The van der Waals surface area contributed by atoms with Crippen molar-refractivity contribution in [3.8, 4) is 11.5 Å². The van der Waals surface area contributed by atoms with E-state index in [1.165, 1.54) is 24.0 Å². The Kier molecular flexibility index (Phi) is 5.59. The highest BCUT2D eigenvalue weighted by Crippen LogP contribution is 2.26. The second kappa shape index (κ2) is 8.06. The predicted octanol–water partition coefficient (Wildman–Crippen LogP) is 3.77. The molecule has 2 aromatic carbocycles. The number of benzene rings is 2. The zero-order valence-corrected chi connectivity index (χ0v) is 14.9. The summed E-state index contributed by atoms with van der Waals surface area (Å²) in [6.07, 6.45) is 4.65. The maximum absolute atomic E-state index is 12.5. The third-order valence-corrected chi connectivity index (χ3v) is 4.55. The maximum atomic E-state index is 12.5. The molecular weight excluding hydrogens is 314 g/mol. The minimum atomic E-state index is -0.103. The van der Waals surface area contributed by atoms with Gasteiger partial charge in [-0.05, 0) is 68.0 Å². The lowest BCUT2D eigenvalue weighted by Crippen LogP contribution is -2.36. The number of para-hydroxylation sites is 2. The van der Waals surface area contributed by atoms with Gasteiger partial charge in [0, 0.05) is 5.56 Å². The van der Waals surface area contributed by atoms with Gasteiger partial charge in [-0.25, -0.2) is 0 Å². The minimum absolute atomic E-state index is 0.0514. The van der Waals surface area contributed by atoms with E-state index in [0.29, 0.717) is 18.1 Å². The Balaban J connectivity index is 1.57. The molecule has 0 fully saturated rings. The van der Waals surface area contributed by atoms with Crippen LogP contribution < -0.4 is 14.8 Å². The molecule has 1 unspecified atom stereocenters. The van der Waals surface area contributed by atoms with Crippen LogP contribution in [-0.2, 0) is 12.8 Å². The summed E-state index contributed by atoms with van der Waals surface area (Å²) in [5, 5.41) is 3.01. The van der Waals surface area contributed by atoms with E-state index in [1.54, 1.807) is 7.11 Å². The summed E-state index contributed by atoms with van der Waals surface area (Å²) in [5.74, 6) is 1.32. The number of hydrogen-bond donors (Lipinski definition) is 1. The van der Waals surface area contributed by atoms with Gasteiger partial charge in [-0.2, -0.15) is 0 Å². The van der Waals surface area contributed by atoms with Crippen molar-refractivity contribution < 1.29 is 14.3 Å². The molecule has 1 aliphatic carbocycles. The van der Waals surface area contributed by atoms with Gasteiger partial charge in [-0.3, -0.25) is 4.79 Å². The van der Waals surface area contributed by atoms with Crippen molar-refractivity contribution in [1.82, 2.24) is 5.32 Å². The molecule has 0 saturated heterocycles. The number of hydrogen-bond acceptors (Lipinski definition) is 3. The predicted molar refractivity (Wildman–Crippen MR) is 98.5 cm³/mol. The Morgan fingerprint density at radius 2 is 1.80 bits per heavy atom. The van der Waals surface area contributed by atoms with Gasteiger partial charge in [0.25, 0.3) is 5.91 Å². The van der Waals surface area contributed by atoms with Gasteiger partial charge in [-0.1, -0.05) is 18.2 Å². The topological polar surface area (TPSA) is 47.6 Å². The van der Waals surface area contributed by atoms with E-state index >= 15 is 0 Å². The smallest absolute Gasteiger partial charge is 0.251 e. The fourth-order valence-electron chi connectivity index (χ4n) is 3.18. The highest BCUT2D eigenvalue weighted by molar-refractivity contribution is 5.94. The molecule has 1 N–H and O–H groups in total. The Labute approximate surface area is 149 Å². The fraction of sp³-hybridized carbons (Fsp3) is 0.381. The van der Waals surface area contributed by atoms with E-state index in [1.807, 2.05) is 43.3 Å². The van der Waals surface area contributed by atoms with Gasteiger partial charge in [-0.15, -0.1) is 0 Å². The van der Waals surface area contributed by atoms with Gasteiger partial charge in [0.15, 0.2) is 11.5 Å². The molecule has 3 rings (SSSR count). The van der Waals surface area contributed by atoms with E-state index < -0.39 is 0 Å². The molecule has 1 aliphatic rings. The van der Waals surface area contributed by atoms with Crippen molar-refractivity contribution in [3.05, 3.63) is 59.2 Å². The first-order chi connectivity index (χ1) is 12.2. The van der Waals surface area contributed by atoms with Crippen LogP contribution in [-0.4, -0.2) is 25.7 Å². The third kappa shape index (κ3) is 4.32. The second-order valence-corrected chi connectivity index (χ2v) is 6.53. The molecule has 1 atom stereocenters. The van der Waals surface area contributed by atoms with Crippen LogP contribution in [0.1, 0.15) is 41.3 Å². The van der Waals surface area contributed by atoms with Crippen LogP contribution in [0.2, 0.25) is 0 Å². The molecule has 0 saturated carbocycles. The number of methoxy groups -OCH3 is 1. The molecule has 0 bridgehead atoms. The molecular formula is C21H25NO3. The average molecular weight is 339 g/mol. The first-order valence-electron chi connectivity index (χ1n) is 8.86. The van der Waals surface area contributed by atoms with Crippen LogP contribution in [0, 0.1) is 0 Å². The molecule has 4 heteroatoms. The van der Waals surface area contributed by atoms with Crippen LogP contribution in [0.3, 0.4) is 0 Å². The Morgan fingerprint density at radius 1 is 1.08 bits per heavy atom. The summed E-state index contributed by atoms with van der Waals surface area (Å²) < 4.78 is 11.0. The standard InChI is InChI=1S/C21H25NO3/c1-15(14-25-20-10-6-5-9-19(20)24-2)22-21(23)18-12-11-16-7-3-4-8-17(16)13-18/h5-6,9-13,15H,3-4,7-8,14H2,1-2H3,(H,22,23). The molecule has 0 radical (unpaired) electrons. The maximum Gasteiger partial charge on any atom is 0.251 e. The molecule has 25 heavy (non-hydrogen) atoms. The quantitative estimate of drug-likeness (QED) is 0.871. The lowest BCUT2D eigenvalue weighted by Gasteiger charge is -2.18. The monoisotopic (exact) mass is 339 g/mol. The zero-order chi connectivity index (χ0) is 17.6. The number of ether oxygens (including phenoxy) is 2. The number of fused-ring (bicyclic) bond motifs is 1. The van der Waals surface area contributed by atoms with E-state index in [0.717, 1.165) is 18.4 Å². The summed E-state index contributed by atoms with van der Waals surface area (Å²) in [4.78, 5) is 12.5. The fourth-order valence-corrected chi connectivity index (χ4v) is 3.18. The van der Waals surface area contributed by atoms with Crippen molar-refractivity contribution >= 4 is 5.91 Å². The second-order valence-electron chi connectivity index (χ2n) is 6.53. The molecule has 132 valence electrons. The minimum Gasteiger partial charge on any atom is -0.493 e. The van der Waals surface area contributed by atoms with Gasteiger partial charge in [0.1, 0.15) is 6.61 Å². The SMILES string of the molecule is COc1ccccc1OCC(C)NC(=O)c1ccc2c(c1)CCCC2. The highest BCUT2D eigenvalue weighted by Gasteiger charge is 2.15. The lowest BCUT2D eigenvalue weighted by atomic mass is 9.90. The third-order valence-electron chi connectivity index (χ3n) is 4.55. The summed E-state index contributed by atoms with van der Waals surface area (Å²) in [6, 6.07) is 13.5. The normalized spacial score (nSPS) is 14.3. The van der Waals surface area contributed by atoms with Crippen molar-refractivity contribution in [2.24, 2.45) is 0 Å². The first kappa shape index (κ1) is 17.3. The number of amides is 1. The number of rotatable bonds is 6. The first-order valence-corrected chi connectivity index (χ1v) is 8.86. The van der Waals surface area contributed by atoms with Crippen LogP contribution in [0.4, 0.5) is 0 Å². The molecule has 4 nitrogen and oxygen atoms in total. The Bertz CT molecular complexity index is 742. The molecule has 0 spiro atoms. The summed E-state index contributed by atoms with van der Waals surface area (Å²) in [5.41, 5.74) is 3.43. The van der Waals surface area contributed by atoms with E-state index in [-0.39, 0.29) is 11.9 Å². The summed E-state index contributed by atoms with van der Waals surface area (Å²) >= 11 is 0. The van der Waals surface area contributed by atoms with Crippen LogP contribution in [0.15, 0.2) is 42.5 Å². The van der Waals surface area contributed by atoms with Gasteiger partial charge < -0.3 is 14.8 Å². The number of carbonyl (C=O) groups is 1. The summed E-state index contributed by atoms with van der Waals surface area (Å²) in [6.45, 7) is 2.32. The number of aryl methyl sites for hydroxylation is 2. The largest absolute Gasteiger partial charge is 0.493 e. The van der Waals surface area contributed by atoms with E-state index in [4.69, 9.17) is 9.47 Å². The molecule has 0 heterocycles. The van der Waals surface area contributed by atoms with Crippen LogP contribution in [0.25, 0.3) is 0 Å². The van der Waals surface area contributed by atoms with Gasteiger partial charge in [0.05, 0.1) is 13.2 Å². The molecule has 0 aliphatic heterocycles. The zero-order valence-electron chi connectivity index (χ0n) is 14.9. The van der Waals surface area contributed by atoms with Crippen molar-refractivity contribution in [3.63, 3.8) is 0 Å². The van der Waals surface area contributed by atoms with Crippen molar-refractivity contribution in [2.45, 2.75) is 38.6 Å². The van der Waals surface area contributed by atoms with E-state index in [2.05, 4.69) is 11.4 Å². The molecule has 1 amide bonds.